The van der Waals surface area contributed by atoms with Crippen molar-refractivity contribution >= 4 is 9.84 Å². The highest BCUT2D eigenvalue weighted by Crippen LogP contribution is 2.08. The molecule has 0 radical (unpaired) electrons. The van der Waals surface area contributed by atoms with Crippen molar-refractivity contribution < 1.29 is 8.42 Å². The molecule has 0 unspecified atom stereocenters. The summed E-state index contributed by atoms with van der Waals surface area (Å²) in [4.78, 5) is 3.95. The van der Waals surface area contributed by atoms with E-state index in [1.165, 1.54) is 6.20 Å². The number of tetrazole rings is 1. The first-order valence-electron chi connectivity index (χ1n) is 3.99. The van der Waals surface area contributed by atoms with Gasteiger partial charge in [0.05, 0.1) is 0 Å². The summed E-state index contributed by atoms with van der Waals surface area (Å²) in [5.41, 5.74) is 0. The summed E-state index contributed by atoms with van der Waals surface area (Å²) in [6.07, 6.45) is 2.57. The van der Waals surface area contributed by atoms with Crippen LogP contribution in [0.1, 0.15) is 0 Å². The first kappa shape index (κ1) is 9.71. The molecule has 0 N–H and O–H groups in total. The molecule has 2 aromatic rings. The van der Waals surface area contributed by atoms with Gasteiger partial charge in [-0.15, -0.1) is 0 Å². The molecule has 2 heterocycles. The van der Waals surface area contributed by atoms with Crippen molar-refractivity contribution in [3.63, 3.8) is 0 Å². The molecule has 0 fully saturated rings. The van der Waals surface area contributed by atoms with Crippen LogP contribution >= 0.6 is 0 Å². The van der Waals surface area contributed by atoms with Gasteiger partial charge in [-0.2, -0.15) is 4.68 Å². The van der Waals surface area contributed by atoms with Crippen molar-refractivity contribution in [3.8, 4) is 5.82 Å². The highest BCUT2D eigenvalue weighted by Gasteiger charge is 2.18. The van der Waals surface area contributed by atoms with Crippen LogP contribution in [0.4, 0.5) is 0 Å². The van der Waals surface area contributed by atoms with Crippen LogP contribution in [-0.4, -0.2) is 39.9 Å². The summed E-state index contributed by atoms with van der Waals surface area (Å²) in [6.45, 7) is 0. The van der Waals surface area contributed by atoms with Crippen LogP contribution < -0.4 is 0 Å². The van der Waals surface area contributed by atoms with Gasteiger partial charge < -0.3 is 0 Å². The molecular weight excluding hydrogens is 218 g/mol. The zero-order chi connectivity index (χ0) is 10.9. The van der Waals surface area contributed by atoms with Gasteiger partial charge in [-0.25, -0.2) is 13.4 Å². The van der Waals surface area contributed by atoms with Gasteiger partial charge in [-0.05, 0) is 22.6 Å². The minimum Gasteiger partial charge on any atom is -0.237 e. The van der Waals surface area contributed by atoms with E-state index in [0.717, 1.165) is 10.9 Å². The van der Waals surface area contributed by atoms with Crippen LogP contribution in [0.5, 0.6) is 0 Å². The third-order valence-corrected chi connectivity index (χ3v) is 2.56. The topological polar surface area (TPSA) is 90.6 Å². The standard InChI is InChI=1S/C7H7N5O2S/c1-15(13,14)7-9-10-11-12(7)6-4-2-3-5-8-6/h2-5H,1H3. The Morgan fingerprint density at radius 1 is 1.33 bits per heavy atom. The van der Waals surface area contributed by atoms with Crippen LogP contribution in [0.25, 0.3) is 5.82 Å². The van der Waals surface area contributed by atoms with Gasteiger partial charge in [-0.1, -0.05) is 11.2 Å². The average molecular weight is 225 g/mol. The molecule has 78 valence electrons. The summed E-state index contributed by atoms with van der Waals surface area (Å²) in [6, 6.07) is 5.05. The maximum Gasteiger partial charge on any atom is 0.273 e. The Morgan fingerprint density at radius 2 is 2.13 bits per heavy atom. The van der Waals surface area contributed by atoms with Crippen LogP contribution in [-0.2, 0) is 9.84 Å². The molecule has 0 saturated carbocycles. The predicted molar refractivity (Wildman–Crippen MR) is 50.1 cm³/mol. The second kappa shape index (κ2) is 3.39. The number of hydrogen-bond acceptors (Lipinski definition) is 6. The summed E-state index contributed by atoms with van der Waals surface area (Å²) in [7, 11) is -3.45. The molecule has 0 saturated heterocycles. The van der Waals surface area contributed by atoms with Gasteiger partial charge in [0.1, 0.15) is 0 Å². The molecule has 0 spiro atoms. The van der Waals surface area contributed by atoms with Gasteiger partial charge in [0.2, 0.25) is 9.84 Å². The highest BCUT2D eigenvalue weighted by molar-refractivity contribution is 7.90. The number of rotatable bonds is 2. The lowest BCUT2D eigenvalue weighted by molar-refractivity contribution is 0.585. The van der Waals surface area contributed by atoms with Gasteiger partial charge in [0.25, 0.3) is 5.16 Å². The van der Waals surface area contributed by atoms with Crippen molar-refractivity contribution in [1.82, 2.24) is 25.2 Å². The number of nitrogens with zero attached hydrogens (tertiary/aromatic N) is 5. The van der Waals surface area contributed by atoms with Crippen molar-refractivity contribution in [3.05, 3.63) is 24.4 Å². The largest absolute Gasteiger partial charge is 0.273 e. The van der Waals surface area contributed by atoms with Crippen molar-refractivity contribution in [2.75, 3.05) is 6.26 Å². The first-order valence-corrected chi connectivity index (χ1v) is 5.88. The molecule has 0 aromatic carbocycles. The smallest absolute Gasteiger partial charge is 0.237 e. The lowest BCUT2D eigenvalue weighted by Crippen LogP contribution is -2.09. The maximum atomic E-state index is 11.3. The Bertz CT molecular complexity index is 562. The Balaban J connectivity index is 2.61. The van der Waals surface area contributed by atoms with Crippen molar-refractivity contribution in [1.29, 1.82) is 0 Å². The van der Waals surface area contributed by atoms with E-state index in [0.29, 0.717) is 5.82 Å². The third kappa shape index (κ3) is 1.84. The average Bonchev–Trinajstić information content (AvgIpc) is 2.67. The van der Waals surface area contributed by atoms with Crippen molar-refractivity contribution in [2.45, 2.75) is 5.16 Å². The molecule has 0 aliphatic heterocycles. The van der Waals surface area contributed by atoms with Gasteiger partial charge >= 0.3 is 0 Å². The Morgan fingerprint density at radius 3 is 2.73 bits per heavy atom. The zero-order valence-electron chi connectivity index (χ0n) is 7.77. The molecule has 0 bridgehead atoms. The molecule has 2 rings (SSSR count). The Labute approximate surface area is 85.7 Å². The van der Waals surface area contributed by atoms with Crippen LogP contribution in [0.15, 0.2) is 29.6 Å². The Hall–Kier alpha value is -1.83. The lowest BCUT2D eigenvalue weighted by Gasteiger charge is -2.00. The van der Waals surface area contributed by atoms with E-state index in [9.17, 15) is 8.42 Å². The van der Waals surface area contributed by atoms with Crippen LogP contribution in [0.3, 0.4) is 0 Å². The normalized spacial score (nSPS) is 11.5. The van der Waals surface area contributed by atoms with Gasteiger partial charge in [0, 0.05) is 12.5 Å². The highest BCUT2D eigenvalue weighted by atomic mass is 32.2. The molecule has 15 heavy (non-hydrogen) atoms. The fraction of sp³-hybridized carbons (Fsp3) is 0.143. The van der Waals surface area contributed by atoms with Crippen molar-refractivity contribution in [2.24, 2.45) is 0 Å². The Kier molecular flexibility index (Phi) is 2.19. The molecule has 7 nitrogen and oxygen atoms in total. The summed E-state index contributed by atoms with van der Waals surface area (Å²) in [5, 5.41) is 10.1. The van der Waals surface area contributed by atoms with Crippen LogP contribution in [0.2, 0.25) is 0 Å². The van der Waals surface area contributed by atoms with Gasteiger partial charge in [-0.3, -0.25) is 0 Å². The maximum absolute atomic E-state index is 11.3. The lowest BCUT2D eigenvalue weighted by atomic mass is 10.5. The number of hydrogen-bond donors (Lipinski definition) is 0. The minimum absolute atomic E-state index is 0.221. The second-order valence-electron chi connectivity index (χ2n) is 2.83. The van der Waals surface area contributed by atoms with Gasteiger partial charge in [0.15, 0.2) is 5.82 Å². The SMILES string of the molecule is CS(=O)(=O)c1nnnn1-c1ccccn1. The quantitative estimate of drug-likeness (QED) is 0.681. The summed E-state index contributed by atoms with van der Waals surface area (Å²) < 4.78 is 23.7. The van der Waals surface area contributed by atoms with E-state index in [4.69, 9.17) is 0 Å². The molecule has 2 aromatic heterocycles. The molecule has 0 aliphatic carbocycles. The number of sulfone groups is 1. The third-order valence-electron chi connectivity index (χ3n) is 1.64. The fourth-order valence-electron chi connectivity index (χ4n) is 1.03. The zero-order valence-corrected chi connectivity index (χ0v) is 8.59. The molecule has 8 heteroatoms. The molecule has 0 atom stereocenters. The molecule has 0 aliphatic rings. The van der Waals surface area contributed by atoms with E-state index < -0.39 is 9.84 Å². The predicted octanol–water partition coefficient (Wildman–Crippen LogP) is -0.539. The molecule has 0 amide bonds. The fourth-order valence-corrected chi connectivity index (χ4v) is 1.66. The first-order chi connectivity index (χ1) is 7.09. The minimum atomic E-state index is -3.45. The monoisotopic (exact) mass is 225 g/mol. The van der Waals surface area contributed by atoms with E-state index >= 15 is 0 Å². The van der Waals surface area contributed by atoms with E-state index in [1.54, 1.807) is 18.2 Å². The van der Waals surface area contributed by atoms with E-state index in [1.807, 2.05) is 0 Å². The summed E-state index contributed by atoms with van der Waals surface area (Å²) in [5.74, 6) is 0.364. The summed E-state index contributed by atoms with van der Waals surface area (Å²) >= 11 is 0. The molecular formula is C7H7N5O2S. The van der Waals surface area contributed by atoms with E-state index in [-0.39, 0.29) is 5.16 Å². The number of aromatic nitrogens is 5. The van der Waals surface area contributed by atoms with E-state index in [2.05, 4.69) is 20.5 Å². The number of pyridine rings is 1. The second-order valence-corrected chi connectivity index (χ2v) is 4.74. The van der Waals surface area contributed by atoms with Crippen LogP contribution in [0, 0.1) is 0 Å².